The van der Waals surface area contributed by atoms with Crippen LogP contribution < -0.4 is 0 Å². The molecule has 2 fully saturated rings. The van der Waals surface area contributed by atoms with Gasteiger partial charge in [0.15, 0.2) is 6.29 Å². The predicted octanol–water partition coefficient (Wildman–Crippen LogP) is 1.77. The number of ether oxygens (including phenoxy) is 2. The van der Waals surface area contributed by atoms with Crippen molar-refractivity contribution in [2.75, 3.05) is 26.3 Å². The highest BCUT2D eigenvalue weighted by Crippen LogP contribution is 2.28. The van der Waals surface area contributed by atoms with Gasteiger partial charge in [-0.15, -0.1) is 0 Å². The smallest absolute Gasteiger partial charge is 0.243 e. The lowest BCUT2D eigenvalue weighted by Gasteiger charge is -2.33. The van der Waals surface area contributed by atoms with Gasteiger partial charge in [0.25, 0.3) is 0 Å². The van der Waals surface area contributed by atoms with E-state index in [1.165, 1.54) is 0 Å². The first kappa shape index (κ1) is 15.0. The van der Waals surface area contributed by atoms with Crippen molar-refractivity contribution in [3.05, 3.63) is 29.8 Å². The Morgan fingerprint density at radius 2 is 1.81 bits per heavy atom. The molecule has 0 aromatic heterocycles. The van der Waals surface area contributed by atoms with Crippen molar-refractivity contribution < 1.29 is 17.9 Å². The van der Waals surface area contributed by atoms with Gasteiger partial charge < -0.3 is 9.47 Å². The van der Waals surface area contributed by atoms with Gasteiger partial charge in [-0.1, -0.05) is 17.7 Å². The number of hydrogen-bond donors (Lipinski definition) is 0. The number of benzene rings is 1. The molecule has 0 radical (unpaired) electrons. The summed E-state index contributed by atoms with van der Waals surface area (Å²) in [5.41, 5.74) is 1.05. The van der Waals surface area contributed by atoms with Gasteiger partial charge in [-0.2, -0.15) is 4.31 Å². The Kier molecular flexibility index (Phi) is 4.31. The number of aryl methyl sites for hydroxylation is 1. The summed E-state index contributed by atoms with van der Waals surface area (Å²) in [6.07, 6.45) is 1.55. The molecule has 0 amide bonds. The second-order valence-corrected chi connectivity index (χ2v) is 7.63. The highest BCUT2D eigenvalue weighted by Gasteiger charge is 2.35. The minimum absolute atomic E-state index is 0.126. The lowest BCUT2D eigenvalue weighted by atomic mass is 9.99. The van der Waals surface area contributed by atoms with Gasteiger partial charge in [0.05, 0.1) is 18.1 Å². The van der Waals surface area contributed by atoms with Crippen LogP contribution >= 0.6 is 0 Å². The van der Waals surface area contributed by atoms with Crippen LogP contribution in [0.4, 0.5) is 0 Å². The van der Waals surface area contributed by atoms with E-state index < -0.39 is 10.0 Å². The molecule has 0 unspecified atom stereocenters. The molecule has 2 saturated heterocycles. The first-order chi connectivity index (χ1) is 10.1. The van der Waals surface area contributed by atoms with E-state index in [2.05, 4.69) is 0 Å². The predicted molar refractivity (Wildman–Crippen MR) is 78.4 cm³/mol. The molecule has 2 aliphatic rings. The maximum atomic E-state index is 12.7. The Labute approximate surface area is 125 Å². The zero-order valence-corrected chi connectivity index (χ0v) is 13.0. The molecule has 1 atom stereocenters. The second kappa shape index (κ2) is 6.04. The standard InChI is InChI=1S/C15H21NO4S/c1-12-4-6-14(7-5-12)21(17,18)16-8-2-3-13(11-16)15-19-9-10-20-15/h4-7,13,15H,2-3,8-11H2,1H3/t13-/m0/s1. The lowest BCUT2D eigenvalue weighted by molar-refractivity contribution is -0.0940. The van der Waals surface area contributed by atoms with Gasteiger partial charge in [0.1, 0.15) is 0 Å². The van der Waals surface area contributed by atoms with E-state index in [1.807, 2.05) is 19.1 Å². The zero-order valence-electron chi connectivity index (χ0n) is 12.2. The quantitative estimate of drug-likeness (QED) is 0.854. The molecule has 2 heterocycles. The van der Waals surface area contributed by atoms with E-state index in [-0.39, 0.29) is 12.2 Å². The van der Waals surface area contributed by atoms with E-state index in [0.717, 1.165) is 18.4 Å². The van der Waals surface area contributed by atoms with Crippen LogP contribution in [0.15, 0.2) is 29.2 Å². The average molecular weight is 311 g/mol. The third-order valence-electron chi connectivity index (χ3n) is 4.11. The molecular weight excluding hydrogens is 290 g/mol. The zero-order chi connectivity index (χ0) is 14.9. The number of nitrogens with zero attached hydrogens (tertiary/aromatic N) is 1. The Morgan fingerprint density at radius 3 is 2.48 bits per heavy atom. The monoisotopic (exact) mass is 311 g/mol. The van der Waals surface area contributed by atoms with Gasteiger partial charge >= 0.3 is 0 Å². The largest absolute Gasteiger partial charge is 0.350 e. The van der Waals surface area contributed by atoms with E-state index in [0.29, 0.717) is 31.2 Å². The van der Waals surface area contributed by atoms with Crippen LogP contribution in [0.5, 0.6) is 0 Å². The minimum atomic E-state index is -3.42. The second-order valence-electron chi connectivity index (χ2n) is 5.69. The third kappa shape index (κ3) is 3.13. The fraction of sp³-hybridized carbons (Fsp3) is 0.600. The van der Waals surface area contributed by atoms with Crippen LogP contribution in [0.3, 0.4) is 0 Å². The molecule has 1 aromatic rings. The molecule has 0 N–H and O–H groups in total. The van der Waals surface area contributed by atoms with Crippen LogP contribution in [0.2, 0.25) is 0 Å². The highest BCUT2D eigenvalue weighted by atomic mass is 32.2. The first-order valence-electron chi connectivity index (χ1n) is 7.37. The molecule has 0 saturated carbocycles. The van der Waals surface area contributed by atoms with Crippen molar-refractivity contribution in [2.24, 2.45) is 5.92 Å². The van der Waals surface area contributed by atoms with Crippen molar-refractivity contribution in [3.8, 4) is 0 Å². The summed E-state index contributed by atoms with van der Waals surface area (Å²) in [7, 11) is -3.42. The normalized spacial score (nSPS) is 25.3. The maximum absolute atomic E-state index is 12.7. The van der Waals surface area contributed by atoms with Gasteiger partial charge in [-0.3, -0.25) is 0 Å². The van der Waals surface area contributed by atoms with Crippen LogP contribution in [0.25, 0.3) is 0 Å². The summed E-state index contributed by atoms with van der Waals surface area (Å²) >= 11 is 0. The highest BCUT2D eigenvalue weighted by molar-refractivity contribution is 7.89. The summed E-state index contributed by atoms with van der Waals surface area (Å²) in [6.45, 7) is 4.19. The number of piperidine rings is 1. The fourth-order valence-corrected chi connectivity index (χ4v) is 4.46. The minimum Gasteiger partial charge on any atom is -0.350 e. The lowest BCUT2D eigenvalue weighted by Crippen LogP contribution is -2.43. The van der Waals surface area contributed by atoms with E-state index in [9.17, 15) is 8.42 Å². The summed E-state index contributed by atoms with van der Waals surface area (Å²) < 4.78 is 38.0. The van der Waals surface area contributed by atoms with E-state index in [1.54, 1.807) is 16.4 Å². The van der Waals surface area contributed by atoms with Crippen LogP contribution in [0.1, 0.15) is 18.4 Å². The summed E-state index contributed by atoms with van der Waals surface area (Å²) in [6, 6.07) is 7.02. The van der Waals surface area contributed by atoms with Crippen molar-refractivity contribution in [2.45, 2.75) is 31.0 Å². The number of hydrogen-bond acceptors (Lipinski definition) is 4. The molecule has 0 bridgehead atoms. The van der Waals surface area contributed by atoms with E-state index in [4.69, 9.17) is 9.47 Å². The van der Waals surface area contributed by atoms with Gasteiger partial charge in [0.2, 0.25) is 10.0 Å². The van der Waals surface area contributed by atoms with Crippen molar-refractivity contribution >= 4 is 10.0 Å². The Bertz CT molecular complexity index is 578. The van der Waals surface area contributed by atoms with Gasteiger partial charge in [0, 0.05) is 19.0 Å². The molecule has 0 spiro atoms. The van der Waals surface area contributed by atoms with Crippen LogP contribution in [-0.4, -0.2) is 45.3 Å². The molecule has 5 nitrogen and oxygen atoms in total. The van der Waals surface area contributed by atoms with Crippen LogP contribution in [0, 0.1) is 12.8 Å². The van der Waals surface area contributed by atoms with Gasteiger partial charge in [-0.05, 0) is 31.9 Å². The van der Waals surface area contributed by atoms with Crippen LogP contribution in [-0.2, 0) is 19.5 Å². The summed E-state index contributed by atoms with van der Waals surface area (Å²) in [4.78, 5) is 0.363. The molecule has 6 heteroatoms. The molecule has 116 valence electrons. The van der Waals surface area contributed by atoms with Crippen molar-refractivity contribution in [1.82, 2.24) is 4.31 Å². The molecule has 1 aromatic carbocycles. The van der Waals surface area contributed by atoms with Crippen molar-refractivity contribution in [3.63, 3.8) is 0 Å². The van der Waals surface area contributed by atoms with Gasteiger partial charge in [-0.25, -0.2) is 8.42 Å². The fourth-order valence-electron chi connectivity index (χ4n) is 2.92. The molecule has 21 heavy (non-hydrogen) atoms. The third-order valence-corrected chi connectivity index (χ3v) is 5.99. The summed E-state index contributed by atoms with van der Waals surface area (Å²) in [5, 5.41) is 0. The Morgan fingerprint density at radius 1 is 1.14 bits per heavy atom. The maximum Gasteiger partial charge on any atom is 0.243 e. The number of rotatable bonds is 3. The Hall–Kier alpha value is -0.950. The van der Waals surface area contributed by atoms with E-state index >= 15 is 0 Å². The molecule has 2 aliphatic heterocycles. The number of sulfonamides is 1. The molecule has 3 rings (SSSR count). The Balaban J connectivity index is 1.76. The average Bonchev–Trinajstić information content (AvgIpc) is 3.02. The molecular formula is C15H21NO4S. The summed E-state index contributed by atoms with van der Waals surface area (Å²) in [5.74, 6) is 0.126. The molecule has 0 aliphatic carbocycles. The topological polar surface area (TPSA) is 55.8 Å². The first-order valence-corrected chi connectivity index (χ1v) is 8.81. The SMILES string of the molecule is Cc1ccc(S(=O)(=O)N2CCC[C@H](C3OCCO3)C2)cc1. The van der Waals surface area contributed by atoms with Crippen molar-refractivity contribution in [1.29, 1.82) is 0 Å².